The first-order chi connectivity index (χ1) is 16.1. The molecule has 5 aliphatic rings. The molecule has 7 atom stereocenters. The lowest BCUT2D eigenvalue weighted by Crippen LogP contribution is -2.56. The van der Waals surface area contributed by atoms with Crippen LogP contribution in [-0.2, 0) is 6.42 Å². The fourth-order valence-electron chi connectivity index (χ4n) is 9.62. The fraction of sp³-hybridized carbons (Fsp3) is 0.758. The summed E-state index contributed by atoms with van der Waals surface area (Å²) >= 11 is 0. The number of hydrogen-bond acceptors (Lipinski definition) is 0. The van der Waals surface area contributed by atoms with Crippen LogP contribution in [0.4, 0.5) is 0 Å². The lowest BCUT2D eigenvalue weighted by atomic mass is 9.40. The molecule has 5 aliphatic carbocycles. The molecular weight excluding hydrogens is 410 g/mol. The number of fused-ring (bicyclic) bond motifs is 9. The predicted octanol–water partition coefficient (Wildman–Crippen LogP) is 7.89. The van der Waals surface area contributed by atoms with Crippen molar-refractivity contribution in [2.24, 2.45) is 39.9 Å². The molecule has 1 aromatic rings. The summed E-state index contributed by atoms with van der Waals surface area (Å²) in [5, 5.41) is 3.05. The molecule has 0 aromatic carbocycles. The van der Waals surface area contributed by atoms with E-state index in [-0.39, 0.29) is 0 Å². The number of nitrogens with one attached hydrogen (secondary N) is 1. The zero-order chi connectivity index (χ0) is 24.3. The third kappa shape index (κ3) is 3.70. The van der Waals surface area contributed by atoms with Crippen molar-refractivity contribution in [3.8, 4) is 0 Å². The molecule has 7 unspecified atom stereocenters. The average molecular weight is 462 g/mol. The highest BCUT2D eigenvalue weighted by Gasteiger charge is 2.62. The van der Waals surface area contributed by atoms with Crippen molar-refractivity contribution < 1.29 is 0 Å². The van der Waals surface area contributed by atoms with Crippen LogP contribution in [0.2, 0.25) is 0 Å². The van der Waals surface area contributed by atoms with Crippen LogP contribution in [0.25, 0.3) is 12.2 Å². The van der Waals surface area contributed by atoms with E-state index in [1.165, 1.54) is 69.6 Å². The number of hydrogen-bond donors (Lipinski definition) is 1. The van der Waals surface area contributed by atoms with Gasteiger partial charge >= 0.3 is 0 Å². The molecule has 3 fully saturated rings. The molecule has 0 saturated heterocycles. The zero-order valence-corrected chi connectivity index (χ0v) is 23.3. The van der Waals surface area contributed by atoms with Gasteiger partial charge in [0.2, 0.25) is 0 Å². The van der Waals surface area contributed by atoms with Crippen LogP contribution in [0, 0.1) is 39.9 Å². The second-order valence-electron chi connectivity index (χ2n) is 14.2. The molecule has 0 bridgehead atoms. The van der Waals surface area contributed by atoms with Gasteiger partial charge in [0, 0.05) is 17.0 Å². The maximum absolute atomic E-state index is 4.00. The van der Waals surface area contributed by atoms with E-state index in [2.05, 4.69) is 51.8 Å². The van der Waals surface area contributed by atoms with Crippen LogP contribution in [-0.4, -0.2) is 4.98 Å². The van der Waals surface area contributed by atoms with Crippen LogP contribution in [0.15, 0.2) is 12.2 Å². The Labute approximate surface area is 209 Å². The highest BCUT2D eigenvalue weighted by Crippen LogP contribution is 2.70. The van der Waals surface area contributed by atoms with Gasteiger partial charge in [-0.2, -0.15) is 0 Å². The second-order valence-corrected chi connectivity index (χ2v) is 14.2. The van der Waals surface area contributed by atoms with Gasteiger partial charge in [0.05, 0.1) is 0 Å². The Morgan fingerprint density at radius 3 is 2.32 bits per heavy atom. The molecule has 0 aliphatic heterocycles. The zero-order valence-electron chi connectivity index (χ0n) is 23.3. The van der Waals surface area contributed by atoms with Gasteiger partial charge in [-0.1, -0.05) is 58.9 Å². The molecule has 1 aromatic heterocycles. The van der Waals surface area contributed by atoms with Crippen molar-refractivity contribution in [3.63, 3.8) is 0 Å². The van der Waals surface area contributed by atoms with Gasteiger partial charge in [0.25, 0.3) is 0 Å². The number of allylic oxidation sites excluding steroid dienone is 2. The van der Waals surface area contributed by atoms with Crippen LogP contribution >= 0.6 is 0 Å². The summed E-state index contributed by atoms with van der Waals surface area (Å²) in [6, 6.07) is 0. The van der Waals surface area contributed by atoms with Gasteiger partial charge in [0.15, 0.2) is 0 Å². The number of aromatic amines is 1. The first-order valence-corrected chi connectivity index (χ1v) is 14.6. The fourth-order valence-corrected chi connectivity index (χ4v) is 9.62. The SMILES string of the molecule is C/C=C\C.CC(C)(C)C1CCC2(C)C(CCC3(C)C4c5[nH]c6c(c5CC4CCC23)=CCCC=6)C1. The molecule has 0 amide bonds. The minimum atomic E-state index is 0.483. The van der Waals surface area contributed by atoms with E-state index in [0.717, 1.165) is 29.6 Å². The topological polar surface area (TPSA) is 15.8 Å². The third-order valence-corrected chi connectivity index (χ3v) is 11.6. The molecule has 6 rings (SSSR count). The second kappa shape index (κ2) is 8.70. The van der Waals surface area contributed by atoms with E-state index in [9.17, 15) is 0 Å². The lowest BCUT2D eigenvalue weighted by molar-refractivity contribution is -0.137. The van der Waals surface area contributed by atoms with Gasteiger partial charge in [-0.05, 0) is 129 Å². The molecular formula is C33H51N. The molecule has 0 radical (unpaired) electrons. The van der Waals surface area contributed by atoms with Crippen LogP contribution < -0.4 is 10.6 Å². The quantitative estimate of drug-likeness (QED) is 0.378. The van der Waals surface area contributed by atoms with Crippen molar-refractivity contribution >= 4 is 12.2 Å². The van der Waals surface area contributed by atoms with Crippen LogP contribution in [0.1, 0.15) is 123 Å². The van der Waals surface area contributed by atoms with Gasteiger partial charge in [-0.3, -0.25) is 0 Å². The monoisotopic (exact) mass is 461 g/mol. The summed E-state index contributed by atoms with van der Waals surface area (Å²) in [4.78, 5) is 4.00. The summed E-state index contributed by atoms with van der Waals surface area (Å²) in [5.74, 6) is 4.50. The van der Waals surface area contributed by atoms with Crippen molar-refractivity contribution in [1.82, 2.24) is 4.98 Å². The minimum absolute atomic E-state index is 0.483. The third-order valence-electron chi connectivity index (χ3n) is 11.6. The Hall–Kier alpha value is -1.24. The summed E-state index contributed by atoms with van der Waals surface area (Å²) < 4.78 is 0. The Bertz CT molecular complexity index is 1040. The normalized spacial score (nSPS) is 40.5. The van der Waals surface area contributed by atoms with Crippen LogP contribution in [0.5, 0.6) is 0 Å². The Morgan fingerprint density at radius 1 is 0.912 bits per heavy atom. The molecule has 0 spiro atoms. The Balaban J connectivity index is 0.000000560. The molecule has 34 heavy (non-hydrogen) atoms. The first kappa shape index (κ1) is 24.5. The van der Waals surface area contributed by atoms with Crippen molar-refractivity contribution in [2.75, 3.05) is 0 Å². The van der Waals surface area contributed by atoms with E-state index in [1.807, 2.05) is 26.0 Å². The molecule has 1 nitrogen and oxygen atoms in total. The smallest absolute Gasteiger partial charge is 0.0415 e. The van der Waals surface area contributed by atoms with Gasteiger partial charge < -0.3 is 4.98 Å². The van der Waals surface area contributed by atoms with Crippen molar-refractivity contribution in [1.29, 1.82) is 0 Å². The summed E-state index contributed by atoms with van der Waals surface area (Å²) in [6.45, 7) is 16.9. The van der Waals surface area contributed by atoms with Gasteiger partial charge in [-0.15, -0.1) is 0 Å². The van der Waals surface area contributed by atoms with E-state index in [0.29, 0.717) is 16.2 Å². The highest BCUT2D eigenvalue weighted by atomic mass is 14.8. The summed E-state index contributed by atoms with van der Waals surface area (Å²) in [6.07, 6.45) is 23.2. The summed E-state index contributed by atoms with van der Waals surface area (Å²) in [7, 11) is 0. The molecule has 1 heteroatoms. The Kier molecular flexibility index (Phi) is 6.26. The molecule has 3 saturated carbocycles. The van der Waals surface area contributed by atoms with Crippen molar-refractivity contribution in [3.05, 3.63) is 34.0 Å². The predicted molar refractivity (Wildman–Crippen MR) is 147 cm³/mol. The average Bonchev–Trinajstić information content (AvgIpc) is 3.34. The highest BCUT2D eigenvalue weighted by molar-refractivity contribution is 5.46. The van der Waals surface area contributed by atoms with Crippen molar-refractivity contribution in [2.45, 2.75) is 119 Å². The lowest BCUT2D eigenvalue weighted by Gasteiger charge is -2.64. The summed E-state index contributed by atoms with van der Waals surface area (Å²) in [5.41, 5.74) is 4.96. The molecule has 1 heterocycles. The minimum Gasteiger partial charge on any atom is -0.358 e. The number of aromatic nitrogens is 1. The van der Waals surface area contributed by atoms with E-state index in [1.54, 1.807) is 16.5 Å². The number of H-pyrrole nitrogens is 1. The van der Waals surface area contributed by atoms with E-state index >= 15 is 0 Å². The van der Waals surface area contributed by atoms with E-state index < -0.39 is 0 Å². The largest absolute Gasteiger partial charge is 0.358 e. The first-order valence-electron chi connectivity index (χ1n) is 14.6. The maximum Gasteiger partial charge on any atom is 0.0415 e. The maximum atomic E-state index is 4.00. The van der Waals surface area contributed by atoms with Gasteiger partial charge in [-0.25, -0.2) is 0 Å². The van der Waals surface area contributed by atoms with E-state index in [4.69, 9.17) is 0 Å². The van der Waals surface area contributed by atoms with Crippen LogP contribution in [0.3, 0.4) is 0 Å². The number of rotatable bonds is 0. The van der Waals surface area contributed by atoms with Gasteiger partial charge in [0.1, 0.15) is 0 Å². The molecule has 188 valence electrons. The molecule has 1 N–H and O–H groups in total. The Morgan fingerprint density at radius 2 is 1.62 bits per heavy atom. The standard InChI is InChI=1S/C29H43N.C4H8/c1-27(2,3)19-12-14-28(4)20(17-19)13-15-29(5)24(28)11-10-18-16-22-21-8-6-7-9-23(21)30-26(22)25(18)29;1-3-4-2/h8-9,18-20,24-25,30H,6-7,10-17H2,1-5H3;3-4H,1-2H3/b;4-3-.